The van der Waals surface area contributed by atoms with Gasteiger partial charge in [-0.1, -0.05) is 0 Å². The molecular formula is C17H19F3O4. The number of aryl methyl sites for hydroxylation is 2. The lowest BCUT2D eigenvalue weighted by atomic mass is 9.93. The van der Waals surface area contributed by atoms with Gasteiger partial charge >= 0.3 is 12.1 Å². The molecule has 0 spiro atoms. The van der Waals surface area contributed by atoms with Crippen molar-refractivity contribution >= 4 is 11.5 Å². The van der Waals surface area contributed by atoms with Crippen molar-refractivity contribution in [2.24, 2.45) is 0 Å². The lowest BCUT2D eigenvalue weighted by Gasteiger charge is -2.19. The van der Waals surface area contributed by atoms with Gasteiger partial charge in [0.15, 0.2) is 6.61 Å². The summed E-state index contributed by atoms with van der Waals surface area (Å²) in [6.07, 6.45) is -2.71. The maximum atomic E-state index is 12.3. The van der Waals surface area contributed by atoms with Crippen LogP contribution >= 0.6 is 0 Å². The van der Waals surface area contributed by atoms with Crippen molar-refractivity contribution in [2.45, 2.75) is 39.3 Å². The smallest absolute Gasteiger partial charge is 0.422 e. The molecule has 0 saturated carbocycles. The van der Waals surface area contributed by atoms with Gasteiger partial charge in [0.25, 0.3) is 0 Å². The second-order valence-corrected chi connectivity index (χ2v) is 5.75. The van der Waals surface area contributed by atoms with Crippen LogP contribution in [0, 0.1) is 13.8 Å². The van der Waals surface area contributed by atoms with Gasteiger partial charge in [-0.2, -0.15) is 13.2 Å². The van der Waals surface area contributed by atoms with Crippen LogP contribution in [0.1, 0.15) is 36.0 Å². The Morgan fingerprint density at radius 2 is 1.83 bits per heavy atom. The molecule has 0 saturated heterocycles. The van der Waals surface area contributed by atoms with Crippen LogP contribution in [-0.2, 0) is 9.53 Å². The quantitative estimate of drug-likeness (QED) is 0.833. The fourth-order valence-electron chi connectivity index (χ4n) is 2.69. The number of aliphatic hydroxyl groups is 1. The summed E-state index contributed by atoms with van der Waals surface area (Å²) in [5.74, 6) is -0.623. The van der Waals surface area contributed by atoms with E-state index in [1.807, 2.05) is 0 Å². The minimum atomic E-state index is -4.43. The zero-order valence-corrected chi connectivity index (χ0v) is 13.5. The highest BCUT2D eigenvalue weighted by atomic mass is 19.4. The Morgan fingerprint density at radius 3 is 2.42 bits per heavy atom. The molecule has 1 aliphatic rings. The molecule has 0 unspecified atom stereocenters. The largest absolute Gasteiger partial charge is 0.511 e. The molecule has 2 rings (SSSR count). The highest BCUT2D eigenvalue weighted by Crippen LogP contribution is 2.32. The Labute approximate surface area is 137 Å². The van der Waals surface area contributed by atoms with Gasteiger partial charge in [-0.25, -0.2) is 4.79 Å². The molecule has 1 heterocycles. The van der Waals surface area contributed by atoms with E-state index in [9.17, 15) is 23.1 Å². The number of cyclic esters (lactones) is 1. The molecule has 1 N–H and O–H groups in total. The average molecular weight is 344 g/mol. The third-order valence-corrected chi connectivity index (χ3v) is 3.69. The Morgan fingerprint density at radius 1 is 1.21 bits per heavy atom. The van der Waals surface area contributed by atoms with Gasteiger partial charge in [-0.15, -0.1) is 0 Å². The maximum absolute atomic E-state index is 12.3. The van der Waals surface area contributed by atoms with Gasteiger partial charge in [0, 0.05) is 6.42 Å². The molecular weight excluding hydrogens is 325 g/mol. The molecule has 1 aromatic carbocycles. The first-order chi connectivity index (χ1) is 11.2. The van der Waals surface area contributed by atoms with Gasteiger partial charge < -0.3 is 14.6 Å². The SMILES string of the molecule is Cc1cc(OCC(F)(F)F)cc(C)c1/C1=C(\O)CCCCOC1=O. The summed E-state index contributed by atoms with van der Waals surface area (Å²) in [7, 11) is 0. The zero-order chi connectivity index (χ0) is 17.9. The second kappa shape index (κ2) is 7.15. The third kappa shape index (κ3) is 4.43. The molecule has 7 heteroatoms. The minimum absolute atomic E-state index is 0.0603. The van der Waals surface area contributed by atoms with Crippen LogP contribution in [-0.4, -0.2) is 30.5 Å². The van der Waals surface area contributed by atoms with Gasteiger partial charge in [-0.3, -0.25) is 0 Å². The van der Waals surface area contributed by atoms with E-state index >= 15 is 0 Å². The first kappa shape index (κ1) is 18.2. The van der Waals surface area contributed by atoms with E-state index in [2.05, 4.69) is 0 Å². The predicted octanol–water partition coefficient (Wildman–Crippen LogP) is 4.24. The Hall–Kier alpha value is -2.18. The number of halogens is 3. The summed E-state index contributed by atoms with van der Waals surface area (Å²) in [5, 5.41) is 10.2. The van der Waals surface area contributed by atoms with Crippen molar-refractivity contribution in [1.29, 1.82) is 0 Å². The standard InChI is InChI=1S/C17H19F3O4/c1-10-7-12(24-9-17(18,19)20)8-11(2)14(10)15-13(21)5-3-4-6-23-16(15)22/h7-8,21H,3-6,9H2,1-2H3/b15-13+. The van der Waals surface area contributed by atoms with Crippen molar-refractivity contribution < 1.29 is 32.5 Å². The number of ether oxygens (including phenoxy) is 2. The van der Waals surface area contributed by atoms with Gasteiger partial charge in [0.2, 0.25) is 0 Å². The summed E-state index contributed by atoms with van der Waals surface area (Å²) in [6, 6.07) is 2.83. The van der Waals surface area contributed by atoms with E-state index in [4.69, 9.17) is 9.47 Å². The highest BCUT2D eigenvalue weighted by Gasteiger charge is 2.29. The molecule has 0 aliphatic carbocycles. The number of allylic oxidation sites excluding steroid dienone is 1. The van der Waals surface area contributed by atoms with Gasteiger partial charge in [0.1, 0.15) is 17.1 Å². The number of aliphatic hydroxyl groups excluding tert-OH is 1. The number of alkyl halides is 3. The van der Waals surface area contributed by atoms with Crippen molar-refractivity contribution in [3.8, 4) is 5.75 Å². The summed E-state index contributed by atoms with van der Waals surface area (Å²) in [6.45, 7) is 2.19. The first-order valence-electron chi connectivity index (χ1n) is 7.59. The molecule has 0 bridgehead atoms. The highest BCUT2D eigenvalue weighted by molar-refractivity contribution is 6.18. The van der Waals surface area contributed by atoms with Crippen LogP contribution < -0.4 is 4.74 Å². The van der Waals surface area contributed by atoms with E-state index in [0.29, 0.717) is 36.0 Å². The molecule has 24 heavy (non-hydrogen) atoms. The van der Waals surface area contributed by atoms with E-state index < -0.39 is 18.8 Å². The number of rotatable bonds is 3. The average Bonchev–Trinajstić information content (AvgIpc) is 2.46. The van der Waals surface area contributed by atoms with Crippen molar-refractivity contribution in [1.82, 2.24) is 0 Å². The van der Waals surface area contributed by atoms with E-state index in [1.54, 1.807) is 13.8 Å². The van der Waals surface area contributed by atoms with Crippen molar-refractivity contribution in [2.75, 3.05) is 13.2 Å². The fraction of sp³-hybridized carbons (Fsp3) is 0.471. The molecule has 1 aromatic rings. The van der Waals surface area contributed by atoms with Gasteiger partial charge in [-0.05, 0) is 55.5 Å². The van der Waals surface area contributed by atoms with Crippen molar-refractivity contribution in [3.05, 3.63) is 34.6 Å². The predicted molar refractivity (Wildman–Crippen MR) is 81.8 cm³/mol. The first-order valence-corrected chi connectivity index (χ1v) is 7.59. The number of esters is 1. The molecule has 0 aromatic heterocycles. The Kier molecular flexibility index (Phi) is 5.41. The minimum Gasteiger partial charge on any atom is -0.511 e. The molecule has 132 valence electrons. The molecule has 4 nitrogen and oxygen atoms in total. The maximum Gasteiger partial charge on any atom is 0.422 e. The third-order valence-electron chi connectivity index (χ3n) is 3.69. The van der Waals surface area contributed by atoms with E-state index in [-0.39, 0.29) is 23.7 Å². The van der Waals surface area contributed by atoms with E-state index in [1.165, 1.54) is 12.1 Å². The Balaban J connectivity index is 2.39. The normalized spacial score (nSPS) is 19.5. The topological polar surface area (TPSA) is 55.8 Å². The van der Waals surface area contributed by atoms with Crippen LogP contribution in [0.15, 0.2) is 17.9 Å². The van der Waals surface area contributed by atoms with Crippen LogP contribution in [0.2, 0.25) is 0 Å². The van der Waals surface area contributed by atoms with Gasteiger partial charge in [0.05, 0.1) is 6.61 Å². The number of carbonyl (C=O) groups excluding carboxylic acids is 1. The monoisotopic (exact) mass is 344 g/mol. The van der Waals surface area contributed by atoms with Crippen LogP contribution in [0.4, 0.5) is 13.2 Å². The summed E-state index contributed by atoms with van der Waals surface area (Å²) in [4.78, 5) is 12.2. The zero-order valence-electron chi connectivity index (χ0n) is 13.5. The number of hydrogen-bond acceptors (Lipinski definition) is 4. The number of benzene rings is 1. The molecule has 0 radical (unpaired) electrons. The molecule has 1 aliphatic heterocycles. The number of carbonyl (C=O) groups is 1. The van der Waals surface area contributed by atoms with Crippen LogP contribution in [0.3, 0.4) is 0 Å². The Bertz CT molecular complexity index is 639. The van der Waals surface area contributed by atoms with Crippen molar-refractivity contribution in [3.63, 3.8) is 0 Å². The lowest BCUT2D eigenvalue weighted by Crippen LogP contribution is -2.19. The molecule has 0 fully saturated rings. The summed E-state index contributed by atoms with van der Waals surface area (Å²) >= 11 is 0. The summed E-state index contributed by atoms with van der Waals surface area (Å²) in [5.41, 5.74) is 1.61. The van der Waals surface area contributed by atoms with Crippen LogP contribution in [0.5, 0.6) is 5.75 Å². The van der Waals surface area contributed by atoms with E-state index in [0.717, 1.165) is 0 Å². The second-order valence-electron chi connectivity index (χ2n) is 5.75. The molecule has 0 atom stereocenters. The fourth-order valence-corrected chi connectivity index (χ4v) is 2.69. The number of hydrogen-bond donors (Lipinski definition) is 1. The molecule has 0 amide bonds. The summed E-state index contributed by atoms with van der Waals surface area (Å²) < 4.78 is 46.7. The van der Waals surface area contributed by atoms with Crippen LogP contribution in [0.25, 0.3) is 5.57 Å². The lowest BCUT2D eigenvalue weighted by molar-refractivity contribution is -0.153.